The number of aliphatic hydroxyl groups excluding tert-OH is 4. The highest BCUT2D eigenvalue weighted by molar-refractivity contribution is 4.88. The number of ether oxygens (including phenoxy) is 1. The van der Waals surface area contributed by atoms with E-state index in [1.54, 1.807) is 0 Å². The molecule has 1 fully saturated rings. The Kier molecular flexibility index (Phi) is 2.97. The molecule has 1 saturated heterocycles. The van der Waals surface area contributed by atoms with Crippen LogP contribution in [0.4, 0.5) is 4.39 Å². The van der Waals surface area contributed by atoms with Crippen LogP contribution in [-0.2, 0) is 4.74 Å². The Morgan fingerprint density at radius 3 is 2.25 bits per heavy atom. The van der Waals surface area contributed by atoms with E-state index >= 15 is 0 Å². The summed E-state index contributed by atoms with van der Waals surface area (Å²) in [4.78, 5) is 0. The molecule has 5 nitrogen and oxygen atoms in total. The summed E-state index contributed by atoms with van der Waals surface area (Å²) < 4.78 is 17.3. The van der Waals surface area contributed by atoms with Gasteiger partial charge in [0.1, 0.15) is 18.3 Å². The minimum absolute atomic E-state index is 0.606. The standard InChI is InChI=1S/C6H11FO5/c7-3-4(9)2(1-8)12-6(11)5(3)10/h2-6,8-11H,1H2/t2-,3+,4+,5-,6-/m1/s1. The first-order valence-electron chi connectivity index (χ1n) is 3.52. The van der Waals surface area contributed by atoms with E-state index in [4.69, 9.17) is 20.4 Å². The van der Waals surface area contributed by atoms with Gasteiger partial charge in [-0.05, 0) is 0 Å². The smallest absolute Gasteiger partial charge is 0.184 e. The van der Waals surface area contributed by atoms with E-state index in [1.165, 1.54) is 0 Å². The normalized spacial score (nSPS) is 49.2. The molecule has 72 valence electrons. The van der Waals surface area contributed by atoms with Gasteiger partial charge in [0, 0.05) is 0 Å². The average Bonchev–Trinajstić information content (AvgIpc) is 2.08. The van der Waals surface area contributed by atoms with E-state index in [1.807, 2.05) is 0 Å². The third-order valence-corrected chi connectivity index (χ3v) is 1.82. The lowest BCUT2D eigenvalue weighted by atomic mass is 10.0. The first-order chi connectivity index (χ1) is 5.57. The molecular formula is C6H11FO5. The van der Waals surface area contributed by atoms with Gasteiger partial charge >= 0.3 is 0 Å². The fraction of sp³-hybridized carbons (Fsp3) is 1.00. The van der Waals surface area contributed by atoms with Crippen LogP contribution in [-0.4, -0.2) is 57.8 Å². The third-order valence-electron chi connectivity index (χ3n) is 1.82. The maximum atomic E-state index is 12.8. The lowest BCUT2D eigenvalue weighted by Crippen LogP contribution is -2.56. The van der Waals surface area contributed by atoms with Gasteiger partial charge in [-0.2, -0.15) is 0 Å². The molecule has 6 heteroatoms. The molecule has 0 aromatic rings. The van der Waals surface area contributed by atoms with Gasteiger partial charge in [-0.25, -0.2) is 4.39 Å². The Bertz CT molecular complexity index is 150. The van der Waals surface area contributed by atoms with Gasteiger partial charge < -0.3 is 25.2 Å². The summed E-state index contributed by atoms with van der Waals surface area (Å²) in [6, 6.07) is 0. The van der Waals surface area contributed by atoms with Crippen LogP contribution in [0.2, 0.25) is 0 Å². The lowest BCUT2D eigenvalue weighted by Gasteiger charge is -2.36. The van der Waals surface area contributed by atoms with Crippen molar-refractivity contribution in [1.82, 2.24) is 0 Å². The van der Waals surface area contributed by atoms with Crippen LogP contribution in [0, 0.1) is 0 Å². The van der Waals surface area contributed by atoms with Crippen LogP contribution in [0.3, 0.4) is 0 Å². The average molecular weight is 182 g/mol. The van der Waals surface area contributed by atoms with E-state index in [2.05, 4.69) is 4.74 Å². The summed E-state index contributed by atoms with van der Waals surface area (Å²) in [5.41, 5.74) is 0. The Morgan fingerprint density at radius 2 is 1.75 bits per heavy atom. The second-order valence-corrected chi connectivity index (χ2v) is 2.67. The van der Waals surface area contributed by atoms with Crippen molar-refractivity contribution in [2.45, 2.75) is 30.8 Å². The van der Waals surface area contributed by atoms with Crippen LogP contribution in [0.5, 0.6) is 0 Å². The van der Waals surface area contributed by atoms with Crippen LogP contribution in [0.1, 0.15) is 0 Å². The first kappa shape index (κ1) is 9.82. The summed E-state index contributed by atoms with van der Waals surface area (Å²) in [5.74, 6) is 0. The molecule has 1 aliphatic rings. The van der Waals surface area contributed by atoms with E-state index in [9.17, 15) is 4.39 Å². The predicted octanol–water partition coefficient (Wildman–Crippen LogP) is -2.24. The van der Waals surface area contributed by atoms with Crippen molar-refractivity contribution in [3.8, 4) is 0 Å². The van der Waals surface area contributed by atoms with Gasteiger partial charge in [0.25, 0.3) is 0 Å². The van der Waals surface area contributed by atoms with Gasteiger partial charge in [0.15, 0.2) is 12.5 Å². The Hall–Kier alpha value is -0.270. The van der Waals surface area contributed by atoms with E-state index in [0.29, 0.717) is 0 Å². The molecule has 0 spiro atoms. The lowest BCUT2D eigenvalue weighted by molar-refractivity contribution is -0.274. The summed E-state index contributed by atoms with van der Waals surface area (Å²) in [5, 5.41) is 35.2. The van der Waals surface area contributed by atoms with Crippen LogP contribution < -0.4 is 0 Å². The van der Waals surface area contributed by atoms with E-state index in [-0.39, 0.29) is 0 Å². The summed E-state index contributed by atoms with van der Waals surface area (Å²) in [7, 11) is 0. The second-order valence-electron chi connectivity index (χ2n) is 2.67. The monoisotopic (exact) mass is 182 g/mol. The van der Waals surface area contributed by atoms with Crippen molar-refractivity contribution < 1.29 is 29.6 Å². The summed E-state index contributed by atoms with van der Waals surface area (Å²) >= 11 is 0. The van der Waals surface area contributed by atoms with Crippen molar-refractivity contribution >= 4 is 0 Å². The second kappa shape index (κ2) is 3.63. The van der Waals surface area contributed by atoms with Crippen molar-refractivity contribution in [1.29, 1.82) is 0 Å². The van der Waals surface area contributed by atoms with E-state index in [0.717, 1.165) is 0 Å². The molecule has 0 radical (unpaired) electrons. The highest BCUT2D eigenvalue weighted by Crippen LogP contribution is 2.21. The SMILES string of the molecule is OC[C@H]1O[C@@H](O)[C@H](O)[C@@H](F)[C@H]1O. The minimum atomic E-state index is -1.99. The Balaban J connectivity index is 2.63. The van der Waals surface area contributed by atoms with Gasteiger partial charge in [-0.15, -0.1) is 0 Å². The molecule has 5 atom stereocenters. The van der Waals surface area contributed by atoms with Crippen molar-refractivity contribution in [2.24, 2.45) is 0 Å². The molecular weight excluding hydrogens is 171 g/mol. The molecule has 1 heterocycles. The molecule has 1 rings (SSSR count). The van der Waals surface area contributed by atoms with Crippen LogP contribution >= 0.6 is 0 Å². The predicted molar refractivity (Wildman–Crippen MR) is 34.9 cm³/mol. The molecule has 0 saturated carbocycles. The molecule has 0 unspecified atom stereocenters. The molecule has 0 bridgehead atoms. The molecule has 1 aliphatic heterocycles. The van der Waals surface area contributed by atoms with E-state index < -0.39 is 37.4 Å². The van der Waals surface area contributed by atoms with Gasteiger partial charge in [0.05, 0.1) is 6.61 Å². The Labute approximate surface area is 68.0 Å². The highest BCUT2D eigenvalue weighted by Gasteiger charge is 2.43. The van der Waals surface area contributed by atoms with Crippen molar-refractivity contribution in [3.05, 3.63) is 0 Å². The van der Waals surface area contributed by atoms with Crippen molar-refractivity contribution in [3.63, 3.8) is 0 Å². The third kappa shape index (κ3) is 1.57. The van der Waals surface area contributed by atoms with Gasteiger partial charge in [0.2, 0.25) is 0 Å². The molecule has 12 heavy (non-hydrogen) atoms. The minimum Gasteiger partial charge on any atom is -0.394 e. The topological polar surface area (TPSA) is 90.2 Å². The zero-order valence-corrected chi connectivity index (χ0v) is 6.17. The number of halogens is 1. The molecule has 0 aromatic heterocycles. The maximum Gasteiger partial charge on any atom is 0.184 e. The quantitative estimate of drug-likeness (QED) is 0.368. The zero-order chi connectivity index (χ0) is 9.30. The highest BCUT2D eigenvalue weighted by atomic mass is 19.1. The molecule has 0 aromatic carbocycles. The number of hydrogen-bond acceptors (Lipinski definition) is 5. The largest absolute Gasteiger partial charge is 0.394 e. The Morgan fingerprint density at radius 1 is 1.17 bits per heavy atom. The number of alkyl halides is 1. The zero-order valence-electron chi connectivity index (χ0n) is 6.17. The molecule has 0 amide bonds. The summed E-state index contributed by atoms with van der Waals surface area (Å²) in [6.07, 6.45) is -8.24. The number of hydrogen-bond donors (Lipinski definition) is 4. The van der Waals surface area contributed by atoms with Crippen LogP contribution in [0.25, 0.3) is 0 Å². The molecule has 0 aliphatic carbocycles. The fourth-order valence-corrected chi connectivity index (χ4v) is 1.06. The maximum absolute atomic E-state index is 12.8. The van der Waals surface area contributed by atoms with Crippen LogP contribution in [0.15, 0.2) is 0 Å². The number of aliphatic hydroxyl groups is 4. The number of rotatable bonds is 1. The van der Waals surface area contributed by atoms with Crippen molar-refractivity contribution in [2.75, 3.05) is 6.61 Å². The van der Waals surface area contributed by atoms with Gasteiger partial charge in [-0.3, -0.25) is 0 Å². The first-order valence-corrected chi connectivity index (χ1v) is 3.52. The summed E-state index contributed by atoms with van der Waals surface area (Å²) in [6.45, 7) is -0.606. The molecule has 4 N–H and O–H groups in total. The van der Waals surface area contributed by atoms with Gasteiger partial charge in [-0.1, -0.05) is 0 Å². The fourth-order valence-electron chi connectivity index (χ4n) is 1.06.